The van der Waals surface area contributed by atoms with E-state index >= 15 is 0 Å². The van der Waals surface area contributed by atoms with Gasteiger partial charge in [0.05, 0.1) is 6.20 Å². The van der Waals surface area contributed by atoms with Gasteiger partial charge in [0.15, 0.2) is 6.39 Å². The van der Waals surface area contributed by atoms with Crippen LogP contribution >= 0.6 is 11.3 Å². The minimum atomic E-state index is 1.09. The fourth-order valence-corrected chi connectivity index (χ4v) is 1.77. The molecular weight excluding hydrogens is 220 g/mol. The van der Waals surface area contributed by atoms with Gasteiger partial charge in [-0.15, -0.1) is 11.3 Å². The predicted octanol–water partition coefficient (Wildman–Crippen LogP) is 3.48. The summed E-state index contributed by atoms with van der Waals surface area (Å²) < 4.78 is 4.47. The molecule has 0 saturated carbocycles. The van der Waals surface area contributed by atoms with E-state index in [-0.39, 0.29) is 0 Å². The Bertz CT molecular complexity index is 460. The summed E-state index contributed by atoms with van der Waals surface area (Å²) in [7, 11) is 0. The molecule has 16 heavy (non-hydrogen) atoms. The molecule has 3 rings (SSSR count). The van der Waals surface area contributed by atoms with Crippen LogP contribution in [0.1, 0.15) is 0 Å². The fourth-order valence-electron chi connectivity index (χ4n) is 1.12. The molecule has 3 nitrogen and oxygen atoms in total. The lowest BCUT2D eigenvalue weighted by Crippen LogP contribution is -1.71. The summed E-state index contributed by atoms with van der Waals surface area (Å²) in [6.45, 7) is 0. The van der Waals surface area contributed by atoms with Crippen LogP contribution in [-0.2, 0) is 0 Å². The lowest BCUT2D eigenvalue weighted by atomic mass is 10.2. The summed E-state index contributed by atoms with van der Waals surface area (Å²) in [6.07, 6.45) is 6.30. The lowest BCUT2D eigenvalue weighted by Gasteiger charge is -1.91. The zero-order valence-electron chi connectivity index (χ0n) is 8.48. The first-order valence-electron chi connectivity index (χ1n) is 4.74. The Morgan fingerprint density at radius 1 is 1.06 bits per heavy atom. The monoisotopic (exact) mass is 230 g/mol. The van der Waals surface area contributed by atoms with Gasteiger partial charge in [-0.25, -0.2) is 9.97 Å². The first-order chi connectivity index (χ1) is 7.97. The third kappa shape index (κ3) is 3.03. The maximum absolute atomic E-state index is 4.47. The summed E-state index contributed by atoms with van der Waals surface area (Å²) in [5.41, 5.74) is 1.20. The van der Waals surface area contributed by atoms with Crippen molar-refractivity contribution < 1.29 is 4.42 Å². The summed E-state index contributed by atoms with van der Waals surface area (Å²) in [5, 5.41) is 3.08. The van der Waals surface area contributed by atoms with Crippen LogP contribution in [0.2, 0.25) is 0 Å². The van der Waals surface area contributed by atoms with Crippen molar-refractivity contribution in [3.8, 4) is 10.6 Å². The summed E-state index contributed by atoms with van der Waals surface area (Å²) >= 11 is 1.66. The molecule has 1 aromatic carbocycles. The van der Waals surface area contributed by atoms with E-state index in [1.54, 1.807) is 17.5 Å². The average Bonchev–Trinajstić information content (AvgIpc) is 3.07. The van der Waals surface area contributed by atoms with Crippen molar-refractivity contribution in [1.29, 1.82) is 0 Å². The Balaban J connectivity index is 0.000000162. The molecule has 0 aliphatic heterocycles. The van der Waals surface area contributed by atoms with E-state index in [2.05, 4.69) is 26.5 Å². The Morgan fingerprint density at radius 3 is 2.44 bits per heavy atom. The molecule has 0 aliphatic rings. The van der Waals surface area contributed by atoms with Crippen LogP contribution in [0.5, 0.6) is 0 Å². The molecule has 2 aromatic heterocycles. The highest BCUT2D eigenvalue weighted by Gasteiger charge is 1.95. The van der Waals surface area contributed by atoms with E-state index in [4.69, 9.17) is 0 Å². The molecule has 80 valence electrons. The van der Waals surface area contributed by atoms with Crippen LogP contribution in [0.4, 0.5) is 0 Å². The molecule has 0 N–H and O–H groups in total. The topological polar surface area (TPSA) is 38.9 Å². The van der Waals surface area contributed by atoms with Crippen LogP contribution in [-0.4, -0.2) is 9.97 Å². The molecular formula is C12H10N2OS. The maximum Gasteiger partial charge on any atom is 0.180 e. The quantitative estimate of drug-likeness (QED) is 0.642. The third-order valence-corrected chi connectivity index (χ3v) is 2.62. The van der Waals surface area contributed by atoms with Gasteiger partial charge in [0.25, 0.3) is 0 Å². The smallest absolute Gasteiger partial charge is 0.180 e. The number of aromatic nitrogens is 2. The number of nitrogens with zero attached hydrogens (tertiary/aromatic N) is 2. The molecule has 0 radical (unpaired) electrons. The highest BCUT2D eigenvalue weighted by molar-refractivity contribution is 7.13. The summed E-state index contributed by atoms with van der Waals surface area (Å²) in [4.78, 5) is 7.76. The second kappa shape index (κ2) is 5.82. The van der Waals surface area contributed by atoms with E-state index < -0.39 is 0 Å². The molecule has 2 heterocycles. The first kappa shape index (κ1) is 10.6. The van der Waals surface area contributed by atoms with Crippen molar-refractivity contribution in [2.75, 3.05) is 0 Å². The molecule has 0 aliphatic carbocycles. The third-order valence-electron chi connectivity index (χ3n) is 1.80. The van der Waals surface area contributed by atoms with E-state index in [0.717, 1.165) is 5.01 Å². The van der Waals surface area contributed by atoms with Gasteiger partial charge in [0.1, 0.15) is 11.3 Å². The van der Waals surface area contributed by atoms with Gasteiger partial charge in [-0.1, -0.05) is 30.3 Å². The zero-order chi connectivity index (χ0) is 11.1. The van der Waals surface area contributed by atoms with Crippen LogP contribution in [0, 0.1) is 0 Å². The van der Waals surface area contributed by atoms with Crippen LogP contribution in [0.3, 0.4) is 0 Å². The molecule has 0 unspecified atom stereocenters. The number of hydrogen-bond donors (Lipinski definition) is 0. The highest BCUT2D eigenvalue weighted by Crippen LogP contribution is 2.20. The van der Waals surface area contributed by atoms with Gasteiger partial charge in [0, 0.05) is 17.1 Å². The molecule has 0 saturated heterocycles. The lowest BCUT2D eigenvalue weighted by molar-refractivity contribution is 0.558. The Morgan fingerprint density at radius 2 is 1.94 bits per heavy atom. The summed E-state index contributed by atoms with van der Waals surface area (Å²) in [5.74, 6) is 0. The molecule has 0 amide bonds. The van der Waals surface area contributed by atoms with Crippen LogP contribution in [0.15, 0.2) is 65.2 Å². The van der Waals surface area contributed by atoms with Crippen LogP contribution in [0.25, 0.3) is 10.6 Å². The van der Waals surface area contributed by atoms with Gasteiger partial charge in [-0.05, 0) is 0 Å². The van der Waals surface area contributed by atoms with E-state index in [1.165, 1.54) is 18.2 Å². The van der Waals surface area contributed by atoms with Crippen molar-refractivity contribution in [2.24, 2.45) is 0 Å². The first-order valence-corrected chi connectivity index (χ1v) is 5.62. The predicted molar refractivity (Wildman–Crippen MR) is 64.1 cm³/mol. The molecule has 0 atom stereocenters. The number of benzene rings is 1. The minimum Gasteiger partial charge on any atom is -0.452 e. The van der Waals surface area contributed by atoms with Gasteiger partial charge in [-0.2, -0.15) is 0 Å². The highest BCUT2D eigenvalue weighted by atomic mass is 32.1. The number of thiazole rings is 1. The maximum atomic E-state index is 4.47. The van der Waals surface area contributed by atoms with Crippen LogP contribution < -0.4 is 0 Å². The number of rotatable bonds is 1. The second-order valence-electron chi connectivity index (χ2n) is 2.88. The Kier molecular flexibility index (Phi) is 3.85. The number of hydrogen-bond acceptors (Lipinski definition) is 4. The van der Waals surface area contributed by atoms with Crippen molar-refractivity contribution in [2.45, 2.75) is 0 Å². The van der Waals surface area contributed by atoms with Gasteiger partial charge in [-0.3, -0.25) is 0 Å². The normalized spacial score (nSPS) is 9.25. The standard InChI is InChI=1S/C9H7NS.C3H3NO/c1-2-4-8(5-3-1)9-10-6-7-11-9;1-2-5-3-4-1/h1-7H;1-3H. The van der Waals surface area contributed by atoms with E-state index in [1.807, 2.05) is 29.8 Å². The average molecular weight is 230 g/mol. The Hall–Kier alpha value is -1.94. The summed E-state index contributed by atoms with van der Waals surface area (Å²) in [6, 6.07) is 10.2. The van der Waals surface area contributed by atoms with Crippen molar-refractivity contribution >= 4 is 11.3 Å². The van der Waals surface area contributed by atoms with Crippen molar-refractivity contribution in [3.63, 3.8) is 0 Å². The minimum absolute atomic E-state index is 1.09. The Labute approximate surface area is 97.4 Å². The van der Waals surface area contributed by atoms with E-state index in [0.29, 0.717) is 0 Å². The van der Waals surface area contributed by atoms with Gasteiger partial charge in [0.2, 0.25) is 0 Å². The molecule has 0 spiro atoms. The zero-order valence-corrected chi connectivity index (χ0v) is 9.30. The molecule has 0 fully saturated rings. The number of oxazole rings is 1. The largest absolute Gasteiger partial charge is 0.452 e. The van der Waals surface area contributed by atoms with Gasteiger partial charge >= 0.3 is 0 Å². The fraction of sp³-hybridized carbons (Fsp3) is 0. The van der Waals surface area contributed by atoms with Crippen molar-refractivity contribution in [1.82, 2.24) is 9.97 Å². The van der Waals surface area contributed by atoms with Gasteiger partial charge < -0.3 is 4.42 Å². The van der Waals surface area contributed by atoms with Crippen molar-refractivity contribution in [3.05, 3.63) is 60.8 Å². The molecule has 4 heteroatoms. The second-order valence-corrected chi connectivity index (χ2v) is 3.77. The molecule has 3 aromatic rings. The van der Waals surface area contributed by atoms with E-state index in [9.17, 15) is 0 Å². The SMILES string of the molecule is c1ccc(-c2nccs2)cc1.c1cocn1. The molecule has 0 bridgehead atoms.